The SMILES string of the molecule is Cc1cc(O[C@H]2CCN(C3CCN(OC(=O)C(C)(C)C)CC3)C2=O)c(F)cc1Br. The zero-order chi connectivity index (χ0) is 21.3. The molecule has 8 heteroatoms. The lowest BCUT2D eigenvalue weighted by molar-refractivity contribution is -0.206. The average molecular weight is 471 g/mol. The van der Waals surface area contributed by atoms with Crippen molar-refractivity contribution in [2.24, 2.45) is 5.41 Å². The van der Waals surface area contributed by atoms with E-state index >= 15 is 0 Å². The van der Waals surface area contributed by atoms with Crippen LogP contribution >= 0.6 is 15.9 Å². The second kappa shape index (κ2) is 8.60. The number of rotatable bonds is 4. The van der Waals surface area contributed by atoms with Crippen molar-refractivity contribution < 1.29 is 23.6 Å². The Kier molecular flexibility index (Phi) is 6.53. The lowest BCUT2D eigenvalue weighted by Crippen LogP contribution is -2.47. The van der Waals surface area contributed by atoms with Gasteiger partial charge in [0.2, 0.25) is 0 Å². The van der Waals surface area contributed by atoms with E-state index in [-0.39, 0.29) is 23.7 Å². The van der Waals surface area contributed by atoms with Gasteiger partial charge in [0.1, 0.15) is 0 Å². The third-order valence-corrected chi connectivity index (χ3v) is 6.22. The molecule has 0 saturated carbocycles. The molecule has 1 atom stereocenters. The van der Waals surface area contributed by atoms with Crippen molar-refractivity contribution in [1.29, 1.82) is 0 Å². The van der Waals surface area contributed by atoms with Crippen LogP contribution in [0.2, 0.25) is 0 Å². The van der Waals surface area contributed by atoms with Crippen LogP contribution in [-0.4, -0.2) is 53.6 Å². The summed E-state index contributed by atoms with van der Waals surface area (Å²) in [6.07, 6.45) is 1.32. The fraction of sp³-hybridized carbons (Fsp3) is 0.619. The summed E-state index contributed by atoms with van der Waals surface area (Å²) >= 11 is 3.29. The van der Waals surface area contributed by atoms with Crippen molar-refractivity contribution in [2.75, 3.05) is 19.6 Å². The van der Waals surface area contributed by atoms with Gasteiger partial charge < -0.3 is 14.5 Å². The van der Waals surface area contributed by atoms with Gasteiger partial charge in [0.25, 0.3) is 5.91 Å². The molecule has 0 aromatic heterocycles. The van der Waals surface area contributed by atoms with Crippen LogP contribution < -0.4 is 4.74 Å². The Hall–Kier alpha value is -1.67. The van der Waals surface area contributed by atoms with E-state index in [1.54, 1.807) is 11.1 Å². The molecule has 3 rings (SSSR count). The third-order valence-electron chi connectivity index (χ3n) is 5.36. The Morgan fingerprint density at radius 3 is 2.45 bits per heavy atom. The van der Waals surface area contributed by atoms with E-state index < -0.39 is 17.3 Å². The fourth-order valence-electron chi connectivity index (χ4n) is 3.52. The molecular formula is C21H28BrFN2O4. The molecule has 29 heavy (non-hydrogen) atoms. The van der Waals surface area contributed by atoms with Gasteiger partial charge in [-0.1, -0.05) is 15.9 Å². The molecule has 2 aliphatic heterocycles. The lowest BCUT2D eigenvalue weighted by atomic mass is 9.98. The van der Waals surface area contributed by atoms with Crippen molar-refractivity contribution in [2.45, 2.75) is 59.1 Å². The topological polar surface area (TPSA) is 59.1 Å². The Balaban J connectivity index is 1.55. The molecule has 1 amide bonds. The first kappa shape index (κ1) is 22.0. The first-order valence-electron chi connectivity index (χ1n) is 9.96. The molecule has 6 nitrogen and oxygen atoms in total. The van der Waals surface area contributed by atoms with Gasteiger partial charge in [-0.3, -0.25) is 4.79 Å². The number of halogens is 2. The summed E-state index contributed by atoms with van der Waals surface area (Å²) in [6.45, 7) is 9.07. The molecule has 0 bridgehead atoms. The maximum atomic E-state index is 14.2. The zero-order valence-electron chi connectivity index (χ0n) is 17.3. The molecule has 160 valence electrons. The van der Waals surface area contributed by atoms with Crippen LogP contribution in [0.15, 0.2) is 16.6 Å². The number of hydrogen-bond donors (Lipinski definition) is 0. The average Bonchev–Trinajstić information content (AvgIpc) is 3.00. The number of hydroxylamine groups is 2. The molecule has 0 unspecified atom stereocenters. The van der Waals surface area contributed by atoms with Crippen molar-refractivity contribution >= 4 is 27.8 Å². The van der Waals surface area contributed by atoms with Gasteiger partial charge in [-0.25, -0.2) is 9.18 Å². The summed E-state index contributed by atoms with van der Waals surface area (Å²) in [7, 11) is 0. The number of amides is 1. The van der Waals surface area contributed by atoms with Crippen molar-refractivity contribution in [3.63, 3.8) is 0 Å². The number of piperidine rings is 1. The Bertz CT molecular complexity index is 788. The van der Waals surface area contributed by atoms with Crippen LogP contribution in [0.25, 0.3) is 0 Å². The van der Waals surface area contributed by atoms with Gasteiger partial charge in [-0.05, 0) is 58.2 Å². The smallest absolute Gasteiger partial charge is 0.330 e. The second-order valence-corrected chi connectivity index (χ2v) is 9.60. The minimum absolute atomic E-state index is 0.0807. The highest BCUT2D eigenvalue weighted by Gasteiger charge is 2.39. The molecule has 1 aromatic carbocycles. The molecule has 0 spiro atoms. The van der Waals surface area contributed by atoms with Crippen molar-refractivity contribution in [3.8, 4) is 5.75 Å². The molecular weight excluding hydrogens is 443 g/mol. The normalized spacial score (nSPS) is 21.5. The highest BCUT2D eigenvalue weighted by molar-refractivity contribution is 9.10. The largest absolute Gasteiger partial charge is 0.477 e. The minimum Gasteiger partial charge on any atom is -0.477 e. The first-order chi connectivity index (χ1) is 13.6. The number of likely N-dealkylation sites (tertiary alicyclic amines) is 1. The van der Waals surface area contributed by atoms with Crippen LogP contribution in [0, 0.1) is 18.2 Å². The number of ether oxygens (including phenoxy) is 1. The summed E-state index contributed by atoms with van der Waals surface area (Å²) in [4.78, 5) is 32.1. The molecule has 2 aliphatic rings. The van der Waals surface area contributed by atoms with Crippen LogP contribution in [-0.2, 0) is 14.4 Å². The van der Waals surface area contributed by atoms with E-state index in [1.165, 1.54) is 6.07 Å². The highest BCUT2D eigenvalue weighted by Crippen LogP contribution is 2.30. The monoisotopic (exact) mass is 470 g/mol. The van der Waals surface area contributed by atoms with E-state index in [2.05, 4.69) is 15.9 Å². The maximum absolute atomic E-state index is 14.2. The van der Waals surface area contributed by atoms with Crippen LogP contribution in [0.1, 0.15) is 45.6 Å². The predicted octanol–water partition coefficient (Wildman–Crippen LogP) is 3.85. The molecule has 0 N–H and O–H groups in total. The quantitative estimate of drug-likeness (QED) is 0.668. The number of carbonyl (C=O) groups excluding carboxylic acids is 2. The molecule has 2 saturated heterocycles. The number of benzene rings is 1. The van der Waals surface area contributed by atoms with E-state index in [9.17, 15) is 14.0 Å². The summed E-state index contributed by atoms with van der Waals surface area (Å²) in [5.41, 5.74) is 0.299. The van der Waals surface area contributed by atoms with E-state index in [0.717, 1.165) is 18.4 Å². The molecule has 2 heterocycles. The number of carbonyl (C=O) groups is 2. The van der Waals surface area contributed by atoms with Gasteiger partial charge in [-0.2, -0.15) is 0 Å². The summed E-state index contributed by atoms with van der Waals surface area (Å²) in [5.74, 6) is -0.735. The molecule has 2 fully saturated rings. The third kappa shape index (κ3) is 5.09. The van der Waals surface area contributed by atoms with Gasteiger partial charge in [0.05, 0.1) is 5.41 Å². The zero-order valence-corrected chi connectivity index (χ0v) is 18.9. The van der Waals surface area contributed by atoms with Crippen LogP contribution in [0.5, 0.6) is 5.75 Å². The van der Waals surface area contributed by atoms with Crippen LogP contribution in [0.4, 0.5) is 4.39 Å². The van der Waals surface area contributed by atoms with Gasteiger partial charge in [0.15, 0.2) is 17.7 Å². The standard InChI is InChI=1S/C21H28BrFN2O4/c1-13-11-18(16(23)12-15(13)22)28-17-7-10-25(19(17)26)14-5-8-24(9-6-14)29-20(27)21(2,3)4/h11-12,14,17H,5-10H2,1-4H3/t17-/m0/s1. The number of aryl methyl sites for hydroxylation is 1. The minimum atomic E-state index is -0.665. The van der Waals surface area contributed by atoms with Gasteiger partial charge in [0, 0.05) is 36.6 Å². The fourth-order valence-corrected chi connectivity index (χ4v) is 3.84. The number of nitrogens with zero attached hydrogens (tertiary/aromatic N) is 2. The molecule has 1 aromatic rings. The Morgan fingerprint density at radius 2 is 1.83 bits per heavy atom. The van der Waals surface area contributed by atoms with E-state index in [1.807, 2.05) is 32.6 Å². The van der Waals surface area contributed by atoms with Crippen LogP contribution in [0.3, 0.4) is 0 Å². The van der Waals surface area contributed by atoms with Crippen molar-refractivity contribution in [3.05, 3.63) is 28.0 Å². The Morgan fingerprint density at radius 1 is 1.17 bits per heavy atom. The summed E-state index contributed by atoms with van der Waals surface area (Å²) in [5, 5.41) is 1.68. The van der Waals surface area contributed by atoms with Crippen molar-refractivity contribution in [1.82, 2.24) is 9.96 Å². The summed E-state index contributed by atoms with van der Waals surface area (Å²) in [6, 6.07) is 3.05. The van der Waals surface area contributed by atoms with E-state index in [4.69, 9.17) is 9.57 Å². The highest BCUT2D eigenvalue weighted by atomic mass is 79.9. The Labute approximate surface area is 179 Å². The van der Waals surface area contributed by atoms with Gasteiger partial charge >= 0.3 is 5.97 Å². The lowest BCUT2D eigenvalue weighted by Gasteiger charge is -2.36. The summed E-state index contributed by atoms with van der Waals surface area (Å²) < 4.78 is 20.6. The molecule has 0 radical (unpaired) electrons. The maximum Gasteiger partial charge on any atom is 0.330 e. The molecule has 0 aliphatic carbocycles. The van der Waals surface area contributed by atoms with Gasteiger partial charge in [-0.15, -0.1) is 5.06 Å². The first-order valence-corrected chi connectivity index (χ1v) is 10.8. The van der Waals surface area contributed by atoms with E-state index in [0.29, 0.717) is 30.5 Å². The predicted molar refractivity (Wildman–Crippen MR) is 110 cm³/mol. The second-order valence-electron chi connectivity index (χ2n) is 8.75. The number of hydrogen-bond acceptors (Lipinski definition) is 5.